The van der Waals surface area contributed by atoms with Crippen LogP contribution < -0.4 is 4.90 Å². The Kier molecular flexibility index (Phi) is 5.40. The lowest BCUT2D eigenvalue weighted by atomic mass is 10.0. The van der Waals surface area contributed by atoms with Crippen LogP contribution in [0.3, 0.4) is 0 Å². The Balaban J connectivity index is 1.27. The predicted molar refractivity (Wildman–Crippen MR) is 126 cm³/mol. The summed E-state index contributed by atoms with van der Waals surface area (Å²) in [5, 5.41) is 22.2. The van der Waals surface area contributed by atoms with Gasteiger partial charge >= 0.3 is 0 Å². The number of aromatic nitrogens is 2. The zero-order chi connectivity index (χ0) is 22.8. The van der Waals surface area contributed by atoms with Gasteiger partial charge < -0.3 is 9.80 Å². The van der Waals surface area contributed by atoms with Crippen LogP contribution in [0.4, 0.5) is 11.5 Å². The van der Waals surface area contributed by atoms with Gasteiger partial charge in [-0.2, -0.15) is 0 Å². The highest BCUT2D eigenvalue weighted by Crippen LogP contribution is 2.27. The van der Waals surface area contributed by atoms with Crippen LogP contribution in [0.2, 0.25) is 0 Å². The summed E-state index contributed by atoms with van der Waals surface area (Å²) in [4.78, 5) is 27.1. The van der Waals surface area contributed by atoms with Crippen LogP contribution >= 0.6 is 0 Å². The smallest absolute Gasteiger partial charge is 0.270 e. The molecule has 3 aromatic carbocycles. The van der Waals surface area contributed by atoms with Gasteiger partial charge in [-0.1, -0.05) is 48.5 Å². The molecule has 0 bridgehead atoms. The Labute approximate surface area is 190 Å². The molecule has 1 amide bonds. The number of nitro groups is 1. The van der Waals surface area contributed by atoms with E-state index in [1.54, 1.807) is 11.0 Å². The zero-order valence-electron chi connectivity index (χ0n) is 17.8. The first kappa shape index (κ1) is 20.6. The number of carbonyl (C=O) groups excluding carboxylic acids is 1. The molecule has 1 aromatic heterocycles. The van der Waals surface area contributed by atoms with Gasteiger partial charge in [0.25, 0.3) is 11.6 Å². The van der Waals surface area contributed by atoms with Crippen molar-refractivity contribution in [3.8, 4) is 11.3 Å². The fraction of sp³-hybridized carbons (Fsp3) is 0.160. The van der Waals surface area contributed by atoms with Crippen LogP contribution in [0.15, 0.2) is 78.9 Å². The molecule has 1 aliphatic heterocycles. The molecular formula is C25H21N5O3. The van der Waals surface area contributed by atoms with E-state index in [2.05, 4.69) is 33.3 Å². The van der Waals surface area contributed by atoms with Gasteiger partial charge in [-0.25, -0.2) is 0 Å². The summed E-state index contributed by atoms with van der Waals surface area (Å²) in [5.41, 5.74) is 2.10. The number of amides is 1. The van der Waals surface area contributed by atoms with Gasteiger partial charge in [0.1, 0.15) is 0 Å². The van der Waals surface area contributed by atoms with Gasteiger partial charge in [0.2, 0.25) is 0 Å². The van der Waals surface area contributed by atoms with E-state index in [1.807, 2.05) is 36.4 Å². The lowest BCUT2D eigenvalue weighted by molar-refractivity contribution is -0.384. The molecule has 0 saturated carbocycles. The highest BCUT2D eigenvalue weighted by Gasteiger charge is 2.24. The number of hydrogen-bond acceptors (Lipinski definition) is 6. The van der Waals surface area contributed by atoms with E-state index < -0.39 is 4.92 Å². The first-order valence-corrected chi connectivity index (χ1v) is 10.7. The third-order valence-corrected chi connectivity index (χ3v) is 5.91. The number of rotatable bonds is 4. The van der Waals surface area contributed by atoms with Crippen LogP contribution in [0.1, 0.15) is 10.4 Å². The molecule has 2 heterocycles. The van der Waals surface area contributed by atoms with Crippen molar-refractivity contribution in [1.29, 1.82) is 0 Å². The normalized spacial score (nSPS) is 13.8. The highest BCUT2D eigenvalue weighted by molar-refractivity contribution is 5.96. The van der Waals surface area contributed by atoms with Gasteiger partial charge in [0, 0.05) is 49.4 Å². The third-order valence-electron chi connectivity index (χ3n) is 5.91. The molecule has 8 heteroatoms. The lowest BCUT2D eigenvalue weighted by Crippen LogP contribution is -2.49. The molecule has 1 aliphatic rings. The zero-order valence-corrected chi connectivity index (χ0v) is 17.8. The van der Waals surface area contributed by atoms with Crippen LogP contribution in [-0.4, -0.2) is 52.1 Å². The summed E-state index contributed by atoms with van der Waals surface area (Å²) >= 11 is 0. The summed E-state index contributed by atoms with van der Waals surface area (Å²) in [5.74, 6) is 0.567. The van der Waals surface area contributed by atoms with Crippen molar-refractivity contribution in [3.63, 3.8) is 0 Å². The average molecular weight is 439 g/mol. The number of fused-ring (bicyclic) bond motifs is 1. The number of non-ortho nitro benzene ring substituents is 1. The molecule has 0 N–H and O–H groups in total. The predicted octanol–water partition coefficient (Wildman–Crippen LogP) is 4.17. The second-order valence-electron chi connectivity index (χ2n) is 7.89. The Bertz CT molecular complexity index is 1330. The van der Waals surface area contributed by atoms with Crippen molar-refractivity contribution in [2.24, 2.45) is 0 Å². The Morgan fingerprint density at radius 1 is 0.848 bits per heavy atom. The number of benzene rings is 3. The monoisotopic (exact) mass is 439 g/mol. The van der Waals surface area contributed by atoms with Crippen molar-refractivity contribution >= 4 is 28.2 Å². The summed E-state index contributed by atoms with van der Waals surface area (Å²) in [7, 11) is 0. The van der Waals surface area contributed by atoms with Crippen LogP contribution in [0, 0.1) is 10.1 Å². The Hall–Kier alpha value is -4.33. The number of anilines is 1. The van der Waals surface area contributed by atoms with E-state index in [0.29, 0.717) is 31.7 Å². The fourth-order valence-corrected chi connectivity index (χ4v) is 4.16. The molecule has 0 radical (unpaired) electrons. The maximum absolute atomic E-state index is 12.8. The summed E-state index contributed by atoms with van der Waals surface area (Å²) < 4.78 is 0. The number of hydrogen-bond donors (Lipinski definition) is 0. The van der Waals surface area contributed by atoms with Crippen molar-refractivity contribution in [1.82, 2.24) is 15.1 Å². The summed E-state index contributed by atoms with van der Waals surface area (Å²) in [6.07, 6.45) is 0. The van der Waals surface area contributed by atoms with Gasteiger partial charge in [-0.05, 0) is 29.0 Å². The minimum absolute atomic E-state index is 0.0824. The molecule has 8 nitrogen and oxygen atoms in total. The Morgan fingerprint density at radius 2 is 1.61 bits per heavy atom. The van der Waals surface area contributed by atoms with E-state index in [4.69, 9.17) is 0 Å². The van der Waals surface area contributed by atoms with E-state index >= 15 is 0 Å². The van der Waals surface area contributed by atoms with Crippen LogP contribution in [0.25, 0.3) is 22.0 Å². The highest BCUT2D eigenvalue weighted by atomic mass is 16.6. The molecule has 4 aromatic rings. The number of nitro benzene ring substituents is 1. The molecule has 164 valence electrons. The molecule has 0 aliphatic carbocycles. The largest absolute Gasteiger partial charge is 0.352 e. The molecule has 0 unspecified atom stereocenters. The molecule has 33 heavy (non-hydrogen) atoms. The third kappa shape index (κ3) is 4.10. The molecule has 1 saturated heterocycles. The van der Waals surface area contributed by atoms with Crippen molar-refractivity contribution < 1.29 is 9.72 Å². The first-order valence-electron chi connectivity index (χ1n) is 10.7. The van der Waals surface area contributed by atoms with Gasteiger partial charge in [-0.3, -0.25) is 14.9 Å². The van der Waals surface area contributed by atoms with Crippen LogP contribution in [0.5, 0.6) is 0 Å². The van der Waals surface area contributed by atoms with Gasteiger partial charge in [0.05, 0.1) is 10.6 Å². The van der Waals surface area contributed by atoms with Gasteiger partial charge in [-0.15, -0.1) is 10.2 Å². The maximum atomic E-state index is 12.8. The number of nitrogens with zero attached hydrogens (tertiary/aromatic N) is 5. The molecule has 0 atom stereocenters. The summed E-state index contributed by atoms with van der Waals surface area (Å²) in [6, 6.07) is 24.1. The van der Waals surface area contributed by atoms with Crippen molar-refractivity contribution in [2.45, 2.75) is 0 Å². The van der Waals surface area contributed by atoms with E-state index in [0.717, 1.165) is 27.8 Å². The number of carbonyl (C=O) groups is 1. The Morgan fingerprint density at radius 3 is 2.36 bits per heavy atom. The number of piperazine rings is 1. The van der Waals surface area contributed by atoms with Gasteiger partial charge in [0.15, 0.2) is 5.82 Å². The molecule has 5 rings (SSSR count). The topological polar surface area (TPSA) is 92.5 Å². The van der Waals surface area contributed by atoms with Crippen LogP contribution in [-0.2, 0) is 0 Å². The molecule has 0 spiro atoms. The maximum Gasteiger partial charge on any atom is 0.270 e. The van der Waals surface area contributed by atoms with E-state index in [1.165, 1.54) is 18.2 Å². The SMILES string of the molecule is O=C(c1cccc([N+](=O)[O-])c1)N1CCN(c2ccc(-c3cccc4ccccc34)nn2)CC1. The quantitative estimate of drug-likeness (QED) is 0.350. The standard InChI is InChI=1S/C25H21N5O3/c31-25(19-7-3-8-20(17-19)30(32)33)29-15-13-28(14-16-29)24-12-11-23(26-27-24)22-10-4-6-18-5-1-2-9-21(18)22/h1-12,17H,13-16H2. The van der Waals surface area contributed by atoms with Crippen molar-refractivity contribution in [3.05, 3.63) is 94.5 Å². The van der Waals surface area contributed by atoms with E-state index in [9.17, 15) is 14.9 Å². The summed E-state index contributed by atoms with van der Waals surface area (Å²) in [6.45, 7) is 2.24. The average Bonchev–Trinajstić information content (AvgIpc) is 2.88. The second kappa shape index (κ2) is 8.66. The minimum Gasteiger partial charge on any atom is -0.352 e. The first-order chi connectivity index (χ1) is 16.1. The lowest BCUT2D eigenvalue weighted by Gasteiger charge is -2.35. The second-order valence-corrected chi connectivity index (χ2v) is 7.89. The molecule has 1 fully saturated rings. The fourth-order valence-electron chi connectivity index (χ4n) is 4.16. The molecular weight excluding hydrogens is 418 g/mol. The van der Waals surface area contributed by atoms with E-state index in [-0.39, 0.29) is 11.6 Å². The minimum atomic E-state index is -0.491. The van der Waals surface area contributed by atoms with Crippen molar-refractivity contribution in [2.75, 3.05) is 31.1 Å².